The molecule has 146 valence electrons. The van der Waals surface area contributed by atoms with Crippen LogP contribution in [-0.4, -0.2) is 36.3 Å². The fourth-order valence-electron chi connectivity index (χ4n) is 2.02. The SMILES string of the molecule is C=CCNS(=O)(=O)Cc1ccc(NC(=O)c2ccc(S(=O)(=O)NC)o2)cc1. The number of hydrogen-bond acceptors (Lipinski definition) is 6. The minimum Gasteiger partial charge on any atom is -0.438 e. The van der Waals surface area contributed by atoms with E-state index in [9.17, 15) is 21.6 Å². The van der Waals surface area contributed by atoms with Crippen LogP contribution in [0, 0.1) is 0 Å². The second-order valence-electron chi connectivity index (χ2n) is 5.37. The van der Waals surface area contributed by atoms with Crippen LogP contribution in [0.4, 0.5) is 5.69 Å². The molecule has 0 aliphatic heterocycles. The Kier molecular flexibility index (Phi) is 6.54. The Hall–Kier alpha value is -2.47. The molecule has 1 heterocycles. The van der Waals surface area contributed by atoms with E-state index in [0.29, 0.717) is 11.3 Å². The molecular weight excluding hydrogens is 394 g/mol. The van der Waals surface area contributed by atoms with Gasteiger partial charge in [-0.1, -0.05) is 18.2 Å². The standard InChI is InChI=1S/C16H19N3O6S2/c1-3-10-18-26(21,22)11-12-4-6-13(7-5-12)19-16(20)14-8-9-15(25-14)27(23,24)17-2/h3-9,17-18H,1,10-11H2,2H3,(H,19,20). The molecule has 0 atom stereocenters. The minimum atomic E-state index is -3.78. The number of anilines is 1. The molecule has 0 unspecified atom stereocenters. The largest absolute Gasteiger partial charge is 0.438 e. The zero-order valence-corrected chi connectivity index (χ0v) is 16.1. The Bertz CT molecular complexity index is 1020. The normalized spacial score (nSPS) is 11.9. The van der Waals surface area contributed by atoms with Crippen LogP contribution in [0.3, 0.4) is 0 Å². The molecule has 9 nitrogen and oxygen atoms in total. The van der Waals surface area contributed by atoms with Gasteiger partial charge in [-0.15, -0.1) is 6.58 Å². The van der Waals surface area contributed by atoms with Gasteiger partial charge in [0.1, 0.15) is 0 Å². The highest BCUT2D eigenvalue weighted by molar-refractivity contribution is 7.89. The van der Waals surface area contributed by atoms with Crippen molar-refractivity contribution < 1.29 is 26.0 Å². The summed E-state index contributed by atoms with van der Waals surface area (Å²) in [6.07, 6.45) is 1.44. The van der Waals surface area contributed by atoms with Crippen LogP contribution >= 0.6 is 0 Å². The van der Waals surface area contributed by atoms with E-state index in [1.54, 1.807) is 12.1 Å². The van der Waals surface area contributed by atoms with Gasteiger partial charge in [-0.3, -0.25) is 4.79 Å². The van der Waals surface area contributed by atoms with Crippen LogP contribution < -0.4 is 14.8 Å². The van der Waals surface area contributed by atoms with E-state index < -0.39 is 26.0 Å². The van der Waals surface area contributed by atoms with Crippen molar-refractivity contribution in [3.05, 3.63) is 60.4 Å². The van der Waals surface area contributed by atoms with Gasteiger partial charge in [0, 0.05) is 12.2 Å². The number of carbonyl (C=O) groups is 1. The van der Waals surface area contributed by atoms with Crippen LogP contribution in [0.25, 0.3) is 0 Å². The fraction of sp³-hybridized carbons (Fsp3) is 0.188. The van der Waals surface area contributed by atoms with Crippen LogP contribution in [0.2, 0.25) is 0 Å². The van der Waals surface area contributed by atoms with Crippen LogP contribution in [0.5, 0.6) is 0 Å². The first-order valence-corrected chi connectivity index (χ1v) is 10.8. The van der Waals surface area contributed by atoms with Gasteiger partial charge < -0.3 is 9.73 Å². The van der Waals surface area contributed by atoms with E-state index in [1.807, 2.05) is 0 Å². The molecule has 1 aromatic heterocycles. The number of rotatable bonds is 9. The highest BCUT2D eigenvalue weighted by Crippen LogP contribution is 2.16. The first-order chi connectivity index (χ1) is 12.7. The number of hydrogen-bond donors (Lipinski definition) is 3. The predicted octanol–water partition coefficient (Wildman–Crippen LogP) is 1.05. The van der Waals surface area contributed by atoms with Gasteiger partial charge in [-0.05, 0) is 36.9 Å². The summed E-state index contributed by atoms with van der Waals surface area (Å²) in [5, 5.41) is 2.17. The number of nitrogens with one attached hydrogen (secondary N) is 3. The lowest BCUT2D eigenvalue weighted by Gasteiger charge is -2.07. The molecular formula is C16H19N3O6S2. The zero-order chi connectivity index (χ0) is 20.1. The third-order valence-electron chi connectivity index (χ3n) is 3.35. The molecule has 0 bridgehead atoms. The van der Waals surface area contributed by atoms with Crippen LogP contribution in [0.15, 0.2) is 58.6 Å². The summed E-state index contributed by atoms with van der Waals surface area (Å²) in [5.74, 6) is -1.02. The Morgan fingerprint density at radius 2 is 1.78 bits per heavy atom. The average molecular weight is 413 g/mol. The van der Waals surface area contributed by atoms with Crippen molar-refractivity contribution in [2.45, 2.75) is 10.8 Å². The first kappa shape index (κ1) is 20.8. The lowest BCUT2D eigenvalue weighted by atomic mass is 10.2. The van der Waals surface area contributed by atoms with Gasteiger partial charge >= 0.3 is 0 Å². The molecule has 2 rings (SSSR count). The zero-order valence-electron chi connectivity index (χ0n) is 14.4. The summed E-state index contributed by atoms with van der Waals surface area (Å²) in [6, 6.07) is 8.59. The number of amides is 1. The average Bonchev–Trinajstić information content (AvgIpc) is 3.13. The highest BCUT2D eigenvalue weighted by atomic mass is 32.2. The van der Waals surface area contributed by atoms with Crippen LogP contribution in [0.1, 0.15) is 16.1 Å². The quantitative estimate of drug-likeness (QED) is 0.526. The monoisotopic (exact) mass is 413 g/mol. The molecule has 0 radical (unpaired) electrons. The second-order valence-corrected chi connectivity index (χ2v) is 9.00. The molecule has 3 N–H and O–H groups in total. The molecule has 0 saturated carbocycles. The summed E-state index contributed by atoms with van der Waals surface area (Å²) in [5.41, 5.74) is 0.930. The van der Waals surface area contributed by atoms with E-state index in [4.69, 9.17) is 4.42 Å². The number of benzene rings is 1. The van der Waals surface area contributed by atoms with Gasteiger partial charge in [0.15, 0.2) is 5.76 Å². The van der Waals surface area contributed by atoms with Crippen molar-refractivity contribution in [1.29, 1.82) is 0 Å². The van der Waals surface area contributed by atoms with E-state index >= 15 is 0 Å². The van der Waals surface area contributed by atoms with Crippen molar-refractivity contribution >= 4 is 31.6 Å². The fourth-order valence-corrected chi connectivity index (χ4v) is 3.77. The first-order valence-electron chi connectivity index (χ1n) is 7.69. The maximum atomic E-state index is 12.1. The molecule has 1 aromatic carbocycles. The summed E-state index contributed by atoms with van der Waals surface area (Å²) < 4.78 is 56.4. The number of carbonyl (C=O) groups excluding carboxylic acids is 1. The maximum Gasteiger partial charge on any atom is 0.291 e. The molecule has 2 aromatic rings. The van der Waals surface area contributed by atoms with Gasteiger partial charge in [0.25, 0.3) is 15.9 Å². The molecule has 1 amide bonds. The highest BCUT2D eigenvalue weighted by Gasteiger charge is 2.19. The molecule has 27 heavy (non-hydrogen) atoms. The van der Waals surface area contributed by atoms with E-state index in [1.165, 1.54) is 37.4 Å². The summed E-state index contributed by atoms with van der Waals surface area (Å²) in [4.78, 5) is 12.1. The van der Waals surface area contributed by atoms with Gasteiger partial charge in [0.2, 0.25) is 15.1 Å². The lowest BCUT2D eigenvalue weighted by Crippen LogP contribution is -2.25. The van der Waals surface area contributed by atoms with Crippen molar-refractivity contribution in [2.75, 3.05) is 18.9 Å². The van der Waals surface area contributed by atoms with E-state index in [2.05, 4.69) is 21.3 Å². The topological polar surface area (TPSA) is 135 Å². The molecule has 0 aliphatic rings. The molecule has 11 heteroatoms. The lowest BCUT2D eigenvalue weighted by molar-refractivity contribution is 0.0991. The smallest absolute Gasteiger partial charge is 0.291 e. The van der Waals surface area contributed by atoms with Crippen molar-refractivity contribution in [1.82, 2.24) is 9.44 Å². The predicted molar refractivity (Wildman–Crippen MR) is 100 cm³/mol. The van der Waals surface area contributed by atoms with Crippen molar-refractivity contribution in [2.24, 2.45) is 0 Å². The van der Waals surface area contributed by atoms with Gasteiger partial charge in [-0.25, -0.2) is 26.3 Å². The summed E-state index contributed by atoms with van der Waals surface area (Å²) >= 11 is 0. The van der Waals surface area contributed by atoms with Crippen LogP contribution in [-0.2, 0) is 25.8 Å². The summed E-state index contributed by atoms with van der Waals surface area (Å²) in [6.45, 7) is 3.59. The van der Waals surface area contributed by atoms with E-state index in [-0.39, 0.29) is 23.2 Å². The van der Waals surface area contributed by atoms with Gasteiger partial charge in [-0.2, -0.15) is 0 Å². The third kappa shape index (κ3) is 5.76. The Morgan fingerprint density at radius 3 is 2.37 bits per heavy atom. The summed E-state index contributed by atoms with van der Waals surface area (Å²) in [7, 11) is -6.03. The second kappa shape index (κ2) is 8.48. The maximum absolute atomic E-state index is 12.1. The third-order valence-corrected chi connectivity index (χ3v) is 5.96. The Labute approximate surface area is 157 Å². The molecule has 0 spiro atoms. The van der Waals surface area contributed by atoms with Gasteiger partial charge in [0.05, 0.1) is 5.75 Å². The number of furan rings is 1. The van der Waals surface area contributed by atoms with E-state index in [0.717, 1.165) is 0 Å². The molecule has 0 saturated heterocycles. The van der Waals surface area contributed by atoms with Crippen molar-refractivity contribution in [3.63, 3.8) is 0 Å². The molecule has 0 aliphatic carbocycles. The minimum absolute atomic E-state index is 0.144. The Balaban J connectivity index is 2.04. The molecule has 0 fully saturated rings. The Morgan fingerprint density at radius 1 is 1.11 bits per heavy atom. The number of sulfonamides is 2. The van der Waals surface area contributed by atoms with Crippen molar-refractivity contribution in [3.8, 4) is 0 Å².